The molecule has 0 unspecified atom stereocenters. The summed E-state index contributed by atoms with van der Waals surface area (Å²) in [7, 11) is 2.76. The Balaban J connectivity index is 2.03. The number of allylic oxidation sites excluding steroid dienone is 1. The highest BCUT2D eigenvalue weighted by atomic mass is 16.8. The third-order valence-corrected chi connectivity index (χ3v) is 4.68. The number of methoxy groups -OCH3 is 2. The van der Waals surface area contributed by atoms with E-state index in [0.717, 1.165) is 0 Å². The molecule has 2 N–H and O–H groups in total. The van der Waals surface area contributed by atoms with Crippen LogP contribution in [0, 0.1) is 17.2 Å². The summed E-state index contributed by atoms with van der Waals surface area (Å²) in [6.07, 6.45) is -2.54. The minimum atomic E-state index is -0.827. The molecule has 9 nitrogen and oxygen atoms in total. The molecule has 0 aromatic heterocycles. The zero-order chi connectivity index (χ0) is 19.2. The Kier molecular flexibility index (Phi) is 4.71. The Morgan fingerprint density at radius 3 is 2.54 bits per heavy atom. The number of esters is 1. The second-order valence-corrected chi connectivity index (χ2v) is 6.70. The summed E-state index contributed by atoms with van der Waals surface area (Å²) in [6.45, 7) is 5.12. The van der Waals surface area contributed by atoms with E-state index < -0.39 is 42.3 Å². The monoisotopic (exact) mass is 366 g/mol. The van der Waals surface area contributed by atoms with E-state index in [2.05, 4.69) is 0 Å². The van der Waals surface area contributed by atoms with Gasteiger partial charge < -0.3 is 34.2 Å². The Hall–Kier alpha value is -2.12. The van der Waals surface area contributed by atoms with Gasteiger partial charge in [0.1, 0.15) is 30.1 Å². The SMILES string of the molecule is COC(=O)C1=C(C)OC(N)=C(C#N)[C@H]1[C@H]1O[C@@H]2OC(C)(C)O[C@@H]2[C@H]1OC. The standard InChI is InChI=1S/C17H22N2O7/c1-7-9(15(20)22-5)10(8(6-18)14(19)23-7)11-12(21-4)13-16(24-11)26-17(2,3)25-13/h10-13,16H,19H2,1-5H3/t10-,11-,12+,13-,16-/m1/s1. The third kappa shape index (κ3) is 2.85. The lowest BCUT2D eigenvalue weighted by Crippen LogP contribution is -2.43. The first-order valence-electron chi connectivity index (χ1n) is 8.14. The number of nitrogens with zero attached hydrogens (tertiary/aromatic N) is 1. The number of carbonyl (C=O) groups is 1. The van der Waals surface area contributed by atoms with Gasteiger partial charge in [-0.05, 0) is 20.8 Å². The van der Waals surface area contributed by atoms with Gasteiger partial charge in [-0.15, -0.1) is 0 Å². The lowest BCUT2D eigenvalue weighted by Gasteiger charge is -2.33. The predicted molar refractivity (Wildman–Crippen MR) is 85.6 cm³/mol. The molecule has 0 bridgehead atoms. The summed E-state index contributed by atoms with van der Waals surface area (Å²) in [5.74, 6) is -2.12. The molecule has 142 valence electrons. The first-order chi connectivity index (χ1) is 12.2. The summed E-state index contributed by atoms with van der Waals surface area (Å²) in [5.41, 5.74) is 6.11. The van der Waals surface area contributed by atoms with Crippen molar-refractivity contribution in [3.8, 4) is 6.07 Å². The van der Waals surface area contributed by atoms with Crippen molar-refractivity contribution >= 4 is 5.97 Å². The quantitative estimate of drug-likeness (QED) is 0.718. The smallest absolute Gasteiger partial charge is 0.337 e. The van der Waals surface area contributed by atoms with Gasteiger partial charge in [0.2, 0.25) is 5.88 Å². The Bertz CT molecular complexity index is 721. The zero-order valence-corrected chi connectivity index (χ0v) is 15.3. The molecular weight excluding hydrogens is 344 g/mol. The van der Waals surface area contributed by atoms with Gasteiger partial charge in [-0.2, -0.15) is 5.26 Å². The van der Waals surface area contributed by atoms with Crippen LogP contribution in [-0.4, -0.2) is 50.6 Å². The molecule has 0 spiro atoms. The fourth-order valence-corrected chi connectivity index (χ4v) is 3.67. The van der Waals surface area contributed by atoms with Crippen molar-refractivity contribution in [2.45, 2.75) is 51.2 Å². The van der Waals surface area contributed by atoms with Crippen molar-refractivity contribution in [3.63, 3.8) is 0 Å². The average Bonchev–Trinajstić information content (AvgIpc) is 3.04. The second kappa shape index (κ2) is 6.55. The Morgan fingerprint density at radius 1 is 1.27 bits per heavy atom. The van der Waals surface area contributed by atoms with Crippen LogP contribution in [0.4, 0.5) is 0 Å². The fraction of sp³-hybridized carbons (Fsp3) is 0.647. The van der Waals surface area contributed by atoms with Crippen LogP contribution in [0.15, 0.2) is 22.8 Å². The maximum absolute atomic E-state index is 12.4. The van der Waals surface area contributed by atoms with E-state index in [9.17, 15) is 10.1 Å². The van der Waals surface area contributed by atoms with Crippen molar-refractivity contribution in [2.75, 3.05) is 14.2 Å². The molecule has 0 aromatic rings. The summed E-state index contributed by atoms with van der Waals surface area (Å²) in [6, 6.07) is 2.01. The minimum absolute atomic E-state index is 0.0716. The summed E-state index contributed by atoms with van der Waals surface area (Å²) < 4.78 is 33.5. The highest BCUT2D eigenvalue weighted by molar-refractivity contribution is 5.91. The molecule has 26 heavy (non-hydrogen) atoms. The summed E-state index contributed by atoms with van der Waals surface area (Å²) in [4.78, 5) is 12.4. The molecule has 3 heterocycles. The van der Waals surface area contributed by atoms with E-state index in [-0.39, 0.29) is 22.8 Å². The van der Waals surface area contributed by atoms with Crippen molar-refractivity contribution in [2.24, 2.45) is 11.7 Å². The molecule has 0 radical (unpaired) electrons. The van der Waals surface area contributed by atoms with Gasteiger partial charge in [-0.1, -0.05) is 0 Å². The highest BCUT2D eigenvalue weighted by Gasteiger charge is 2.59. The minimum Gasteiger partial charge on any atom is -0.466 e. The van der Waals surface area contributed by atoms with Crippen LogP contribution in [0.3, 0.4) is 0 Å². The molecule has 5 atom stereocenters. The lowest BCUT2D eigenvalue weighted by molar-refractivity contribution is -0.220. The van der Waals surface area contributed by atoms with Crippen molar-refractivity contribution in [3.05, 3.63) is 22.8 Å². The molecule has 0 aliphatic carbocycles. The van der Waals surface area contributed by atoms with Gasteiger partial charge in [0, 0.05) is 7.11 Å². The van der Waals surface area contributed by atoms with Gasteiger partial charge >= 0.3 is 5.97 Å². The van der Waals surface area contributed by atoms with Gasteiger partial charge in [0.05, 0.1) is 24.2 Å². The summed E-state index contributed by atoms with van der Waals surface area (Å²) in [5, 5.41) is 9.59. The molecule has 2 saturated heterocycles. The van der Waals surface area contributed by atoms with Gasteiger partial charge in [0.25, 0.3) is 0 Å². The average molecular weight is 366 g/mol. The van der Waals surface area contributed by atoms with Gasteiger partial charge in [-0.25, -0.2) is 4.79 Å². The number of hydrogen-bond acceptors (Lipinski definition) is 9. The van der Waals surface area contributed by atoms with E-state index in [1.165, 1.54) is 14.2 Å². The van der Waals surface area contributed by atoms with Gasteiger partial charge in [-0.3, -0.25) is 0 Å². The van der Waals surface area contributed by atoms with Crippen LogP contribution in [-0.2, 0) is 33.2 Å². The number of carbonyl (C=O) groups excluding carboxylic acids is 1. The second-order valence-electron chi connectivity index (χ2n) is 6.70. The van der Waals surface area contributed by atoms with Crippen LogP contribution in [0.5, 0.6) is 0 Å². The first kappa shape index (κ1) is 18.7. The molecule has 9 heteroatoms. The maximum atomic E-state index is 12.4. The molecule has 3 aliphatic rings. The largest absolute Gasteiger partial charge is 0.466 e. The van der Waals surface area contributed by atoms with Crippen LogP contribution >= 0.6 is 0 Å². The van der Waals surface area contributed by atoms with Crippen LogP contribution in [0.25, 0.3) is 0 Å². The van der Waals surface area contributed by atoms with Crippen LogP contribution < -0.4 is 5.73 Å². The van der Waals surface area contributed by atoms with Crippen molar-refractivity contribution in [1.29, 1.82) is 5.26 Å². The zero-order valence-electron chi connectivity index (χ0n) is 15.3. The third-order valence-electron chi connectivity index (χ3n) is 4.68. The number of fused-ring (bicyclic) bond motifs is 1. The van der Waals surface area contributed by atoms with E-state index in [1.807, 2.05) is 6.07 Å². The van der Waals surface area contributed by atoms with E-state index >= 15 is 0 Å². The highest BCUT2D eigenvalue weighted by Crippen LogP contribution is 2.45. The number of ether oxygens (including phenoxy) is 6. The normalized spacial score (nSPS) is 35.8. The molecule has 2 fully saturated rings. The number of nitrogens with two attached hydrogens (primary N) is 1. The molecular formula is C17H22N2O7. The topological polar surface area (TPSA) is 122 Å². The van der Waals surface area contributed by atoms with Crippen LogP contribution in [0.2, 0.25) is 0 Å². The van der Waals surface area contributed by atoms with E-state index in [4.69, 9.17) is 34.2 Å². The van der Waals surface area contributed by atoms with E-state index in [1.54, 1.807) is 20.8 Å². The van der Waals surface area contributed by atoms with Crippen molar-refractivity contribution < 1.29 is 33.2 Å². The molecule has 0 amide bonds. The predicted octanol–water partition coefficient (Wildman–Crippen LogP) is 0.665. The lowest BCUT2D eigenvalue weighted by atomic mass is 9.82. The number of hydrogen-bond donors (Lipinski definition) is 1. The van der Waals surface area contributed by atoms with Crippen LogP contribution in [0.1, 0.15) is 20.8 Å². The number of rotatable bonds is 3. The van der Waals surface area contributed by atoms with E-state index in [0.29, 0.717) is 0 Å². The van der Waals surface area contributed by atoms with Crippen molar-refractivity contribution in [1.82, 2.24) is 0 Å². The Labute approximate surface area is 151 Å². The summed E-state index contributed by atoms with van der Waals surface area (Å²) >= 11 is 0. The molecule has 3 rings (SSSR count). The maximum Gasteiger partial charge on any atom is 0.337 e. The molecule has 3 aliphatic heterocycles. The Morgan fingerprint density at radius 2 is 1.96 bits per heavy atom. The fourth-order valence-electron chi connectivity index (χ4n) is 3.67. The molecule has 0 aromatic carbocycles. The number of nitriles is 1. The van der Waals surface area contributed by atoms with Gasteiger partial charge in [0.15, 0.2) is 12.1 Å². The molecule has 0 saturated carbocycles. The first-order valence-corrected chi connectivity index (χ1v) is 8.14.